The normalized spacial score (nSPS) is 9.79. The lowest BCUT2D eigenvalue weighted by molar-refractivity contribution is -0.120. The summed E-state index contributed by atoms with van der Waals surface area (Å²) in [6, 6.07) is 6.72. The van der Waals surface area contributed by atoms with Gasteiger partial charge in [-0.1, -0.05) is 13.3 Å². The molecule has 0 saturated heterocycles. The zero-order valence-electron chi connectivity index (χ0n) is 11.4. The quantitative estimate of drug-likeness (QED) is 0.730. The van der Waals surface area contributed by atoms with Crippen LogP contribution < -0.4 is 15.4 Å². The van der Waals surface area contributed by atoms with Crippen LogP contribution in [-0.4, -0.2) is 32.0 Å². The average molecular weight is 264 g/mol. The molecule has 0 aromatic heterocycles. The van der Waals surface area contributed by atoms with Crippen LogP contribution >= 0.6 is 0 Å². The molecule has 0 fully saturated rings. The van der Waals surface area contributed by atoms with E-state index in [1.54, 1.807) is 31.4 Å². The molecule has 0 atom stereocenters. The number of nitrogens with one attached hydrogen (secondary N) is 2. The maximum atomic E-state index is 11.7. The second-order valence-electron chi connectivity index (χ2n) is 4.11. The molecular weight excluding hydrogens is 244 g/mol. The molecule has 0 heterocycles. The zero-order chi connectivity index (χ0) is 14.1. The molecule has 2 amide bonds. The van der Waals surface area contributed by atoms with Crippen molar-refractivity contribution in [2.45, 2.75) is 19.8 Å². The Hall–Kier alpha value is -2.04. The minimum Gasteiger partial charge on any atom is -0.497 e. The maximum Gasteiger partial charge on any atom is 0.251 e. The lowest BCUT2D eigenvalue weighted by Crippen LogP contribution is -2.37. The lowest BCUT2D eigenvalue weighted by atomic mass is 10.2. The Morgan fingerprint density at radius 2 is 1.84 bits per heavy atom. The molecule has 1 aromatic rings. The molecule has 0 aliphatic rings. The van der Waals surface area contributed by atoms with E-state index in [9.17, 15) is 9.59 Å². The molecule has 0 spiro atoms. The number of benzene rings is 1. The monoisotopic (exact) mass is 264 g/mol. The third-order valence-electron chi connectivity index (χ3n) is 2.61. The first-order valence-electron chi connectivity index (χ1n) is 6.36. The summed E-state index contributed by atoms with van der Waals surface area (Å²) in [7, 11) is 1.57. The molecule has 0 saturated carbocycles. The van der Waals surface area contributed by atoms with Crippen molar-refractivity contribution in [3.8, 4) is 5.75 Å². The number of hydrogen-bond acceptors (Lipinski definition) is 3. The van der Waals surface area contributed by atoms with E-state index in [0.717, 1.165) is 12.8 Å². The molecule has 104 valence electrons. The maximum absolute atomic E-state index is 11.7. The predicted octanol–water partition coefficient (Wildman–Crippen LogP) is 1.34. The van der Waals surface area contributed by atoms with Gasteiger partial charge in [0, 0.05) is 12.1 Å². The molecule has 0 bridgehead atoms. The molecule has 5 heteroatoms. The zero-order valence-corrected chi connectivity index (χ0v) is 11.4. The molecule has 0 aliphatic heterocycles. The number of ether oxygens (including phenoxy) is 1. The predicted molar refractivity (Wildman–Crippen MR) is 73.2 cm³/mol. The first-order chi connectivity index (χ1) is 9.17. The van der Waals surface area contributed by atoms with Gasteiger partial charge in [0.05, 0.1) is 13.7 Å². The van der Waals surface area contributed by atoms with Crippen LogP contribution in [0.25, 0.3) is 0 Å². The van der Waals surface area contributed by atoms with Crippen molar-refractivity contribution in [3.05, 3.63) is 29.8 Å². The van der Waals surface area contributed by atoms with Gasteiger partial charge >= 0.3 is 0 Å². The summed E-state index contributed by atoms with van der Waals surface area (Å²) in [5.74, 6) is 0.248. The minimum absolute atomic E-state index is 0.00538. The van der Waals surface area contributed by atoms with E-state index in [1.807, 2.05) is 0 Å². The highest BCUT2D eigenvalue weighted by atomic mass is 16.5. The van der Waals surface area contributed by atoms with Crippen molar-refractivity contribution in [2.24, 2.45) is 0 Å². The molecule has 19 heavy (non-hydrogen) atoms. The van der Waals surface area contributed by atoms with Crippen LogP contribution in [-0.2, 0) is 4.79 Å². The van der Waals surface area contributed by atoms with Gasteiger partial charge in [-0.2, -0.15) is 0 Å². The second kappa shape index (κ2) is 8.13. The summed E-state index contributed by atoms with van der Waals surface area (Å²) in [6.07, 6.45) is 1.97. The SMILES string of the molecule is CCCCNC(=O)CNC(=O)c1ccc(OC)cc1. The van der Waals surface area contributed by atoms with Gasteiger partial charge in [-0.25, -0.2) is 0 Å². The van der Waals surface area contributed by atoms with E-state index in [0.29, 0.717) is 17.9 Å². The number of rotatable bonds is 7. The van der Waals surface area contributed by atoms with Crippen LogP contribution in [0.2, 0.25) is 0 Å². The van der Waals surface area contributed by atoms with Crippen LogP contribution in [0, 0.1) is 0 Å². The Kier molecular flexibility index (Phi) is 6.43. The Morgan fingerprint density at radius 3 is 2.42 bits per heavy atom. The summed E-state index contributed by atoms with van der Waals surface area (Å²) in [6.45, 7) is 2.69. The molecule has 0 aliphatic carbocycles. The second-order valence-corrected chi connectivity index (χ2v) is 4.11. The van der Waals surface area contributed by atoms with Gasteiger partial charge in [0.15, 0.2) is 0 Å². The van der Waals surface area contributed by atoms with Gasteiger partial charge in [0.2, 0.25) is 5.91 Å². The largest absolute Gasteiger partial charge is 0.497 e. The first kappa shape index (κ1) is 15.0. The Labute approximate surface area is 113 Å². The van der Waals surface area contributed by atoms with Crippen molar-refractivity contribution >= 4 is 11.8 Å². The van der Waals surface area contributed by atoms with Crippen molar-refractivity contribution in [3.63, 3.8) is 0 Å². The summed E-state index contributed by atoms with van der Waals surface area (Å²) >= 11 is 0. The van der Waals surface area contributed by atoms with E-state index in [-0.39, 0.29) is 18.4 Å². The fourth-order valence-corrected chi connectivity index (χ4v) is 1.47. The lowest BCUT2D eigenvalue weighted by Gasteiger charge is -2.07. The van der Waals surface area contributed by atoms with Crippen LogP contribution in [0.4, 0.5) is 0 Å². The number of hydrogen-bond donors (Lipinski definition) is 2. The van der Waals surface area contributed by atoms with Gasteiger partial charge in [-0.3, -0.25) is 9.59 Å². The molecule has 1 rings (SSSR count). The summed E-state index contributed by atoms with van der Waals surface area (Å²) in [5.41, 5.74) is 0.502. The van der Waals surface area contributed by atoms with E-state index >= 15 is 0 Å². The van der Waals surface area contributed by atoms with E-state index < -0.39 is 0 Å². The third-order valence-corrected chi connectivity index (χ3v) is 2.61. The molecular formula is C14H20N2O3. The summed E-state index contributed by atoms with van der Waals surface area (Å²) in [4.78, 5) is 23.2. The summed E-state index contributed by atoms with van der Waals surface area (Å²) in [5, 5.41) is 5.31. The highest BCUT2D eigenvalue weighted by Crippen LogP contribution is 2.10. The van der Waals surface area contributed by atoms with Crippen molar-refractivity contribution < 1.29 is 14.3 Å². The van der Waals surface area contributed by atoms with Crippen LogP contribution in [0.15, 0.2) is 24.3 Å². The molecule has 5 nitrogen and oxygen atoms in total. The van der Waals surface area contributed by atoms with Gasteiger partial charge in [0.1, 0.15) is 5.75 Å². The van der Waals surface area contributed by atoms with Crippen LogP contribution in [0.3, 0.4) is 0 Å². The third kappa shape index (κ3) is 5.42. The van der Waals surface area contributed by atoms with Crippen LogP contribution in [0.5, 0.6) is 5.75 Å². The van der Waals surface area contributed by atoms with Crippen molar-refractivity contribution in [1.29, 1.82) is 0 Å². The van der Waals surface area contributed by atoms with Gasteiger partial charge in [-0.15, -0.1) is 0 Å². The van der Waals surface area contributed by atoms with E-state index in [4.69, 9.17) is 4.74 Å². The average Bonchev–Trinajstić information content (AvgIpc) is 2.45. The highest BCUT2D eigenvalue weighted by Gasteiger charge is 2.07. The Bertz CT molecular complexity index is 415. The van der Waals surface area contributed by atoms with E-state index in [2.05, 4.69) is 17.6 Å². The number of unbranched alkanes of at least 4 members (excludes halogenated alkanes) is 1. The molecule has 2 N–H and O–H groups in total. The number of amides is 2. The number of carbonyl (C=O) groups excluding carboxylic acids is 2. The summed E-state index contributed by atoms with van der Waals surface area (Å²) < 4.78 is 5.01. The fraction of sp³-hybridized carbons (Fsp3) is 0.429. The van der Waals surface area contributed by atoms with Gasteiger partial charge < -0.3 is 15.4 Å². The Morgan fingerprint density at radius 1 is 1.16 bits per heavy atom. The smallest absolute Gasteiger partial charge is 0.251 e. The number of carbonyl (C=O) groups is 2. The van der Waals surface area contributed by atoms with Crippen molar-refractivity contribution in [2.75, 3.05) is 20.2 Å². The van der Waals surface area contributed by atoms with Crippen molar-refractivity contribution in [1.82, 2.24) is 10.6 Å². The first-order valence-corrected chi connectivity index (χ1v) is 6.36. The topological polar surface area (TPSA) is 67.4 Å². The highest BCUT2D eigenvalue weighted by molar-refractivity contribution is 5.96. The molecule has 1 aromatic carbocycles. The van der Waals surface area contributed by atoms with Crippen LogP contribution in [0.1, 0.15) is 30.1 Å². The molecule has 0 unspecified atom stereocenters. The molecule has 0 radical (unpaired) electrons. The van der Waals surface area contributed by atoms with Gasteiger partial charge in [-0.05, 0) is 30.7 Å². The Balaban J connectivity index is 2.35. The van der Waals surface area contributed by atoms with E-state index in [1.165, 1.54) is 0 Å². The standard InChI is InChI=1S/C14H20N2O3/c1-3-4-9-15-13(17)10-16-14(18)11-5-7-12(19-2)8-6-11/h5-8H,3-4,9-10H2,1-2H3,(H,15,17)(H,16,18). The minimum atomic E-state index is -0.270. The fourth-order valence-electron chi connectivity index (χ4n) is 1.47. The number of methoxy groups -OCH3 is 1. The van der Waals surface area contributed by atoms with Gasteiger partial charge in [0.25, 0.3) is 5.91 Å².